The van der Waals surface area contributed by atoms with E-state index < -0.39 is 17.8 Å². The summed E-state index contributed by atoms with van der Waals surface area (Å²) in [5.74, 6) is 0.498. The Morgan fingerprint density at radius 1 is 1.20 bits per heavy atom. The van der Waals surface area contributed by atoms with Crippen LogP contribution in [0.4, 0.5) is 13.2 Å². The topological polar surface area (TPSA) is 57.5 Å². The Labute approximate surface area is 177 Å². The summed E-state index contributed by atoms with van der Waals surface area (Å²) < 4.78 is 45.0. The number of thiocarbonyl (C=S) groups is 1. The van der Waals surface area contributed by atoms with Gasteiger partial charge in [0, 0.05) is 24.4 Å². The Morgan fingerprint density at radius 2 is 1.90 bits per heavy atom. The summed E-state index contributed by atoms with van der Waals surface area (Å²) in [4.78, 5) is 14.8. The van der Waals surface area contributed by atoms with Crippen LogP contribution in [0, 0.1) is 0 Å². The zero-order chi connectivity index (χ0) is 22.1. The van der Waals surface area contributed by atoms with Gasteiger partial charge in [0.1, 0.15) is 17.6 Å². The number of rotatable bonds is 5. The summed E-state index contributed by atoms with van der Waals surface area (Å²) in [7, 11) is 0. The third-order valence-electron chi connectivity index (χ3n) is 4.94. The fraction of sp³-hybridized carbons (Fsp3) is 0.333. The van der Waals surface area contributed by atoms with Gasteiger partial charge in [0.15, 0.2) is 5.11 Å². The monoisotopic (exact) mass is 437 g/mol. The minimum Gasteiger partial charge on any atom is -0.459 e. The van der Waals surface area contributed by atoms with Crippen molar-refractivity contribution in [2.24, 2.45) is 0 Å². The molecule has 0 saturated carbocycles. The Balaban J connectivity index is 1.99. The SMILES string of the molecule is CCN(CC)C(=O)C1=C(C)NC(=S)N[C@H]1c1ccc(-c2cccc(C(F)(F)F)c2)o1. The molecule has 2 aromatic rings. The lowest BCUT2D eigenvalue weighted by Crippen LogP contribution is -2.47. The molecule has 1 aromatic heterocycles. The fourth-order valence-electron chi connectivity index (χ4n) is 3.38. The molecule has 2 N–H and O–H groups in total. The normalized spacial score (nSPS) is 16.9. The standard InChI is InChI=1S/C21H22F3N3O2S/c1-4-27(5-2)19(28)17-12(3)25-20(30)26-18(17)16-10-9-15(29-16)13-7-6-8-14(11-13)21(22,23)24/h6-11,18H,4-5H2,1-3H3,(H2,25,26,30)/t18-/m0/s1. The first-order valence-electron chi connectivity index (χ1n) is 9.50. The number of carbonyl (C=O) groups excluding carboxylic acids is 1. The molecular weight excluding hydrogens is 415 g/mol. The van der Waals surface area contributed by atoms with Gasteiger partial charge in [0.2, 0.25) is 0 Å². The average Bonchev–Trinajstić information content (AvgIpc) is 3.18. The summed E-state index contributed by atoms with van der Waals surface area (Å²) in [6.07, 6.45) is -4.45. The molecule has 0 fully saturated rings. The Hall–Kier alpha value is -2.81. The lowest BCUT2D eigenvalue weighted by atomic mass is 9.99. The van der Waals surface area contributed by atoms with Gasteiger partial charge in [-0.2, -0.15) is 13.2 Å². The van der Waals surface area contributed by atoms with E-state index in [2.05, 4.69) is 10.6 Å². The molecule has 30 heavy (non-hydrogen) atoms. The first kappa shape index (κ1) is 21.9. The highest BCUT2D eigenvalue weighted by Crippen LogP contribution is 2.35. The number of benzene rings is 1. The van der Waals surface area contributed by atoms with Crippen molar-refractivity contribution < 1.29 is 22.4 Å². The number of nitrogens with one attached hydrogen (secondary N) is 2. The van der Waals surface area contributed by atoms with Crippen molar-refractivity contribution in [1.29, 1.82) is 0 Å². The van der Waals surface area contributed by atoms with Gasteiger partial charge in [-0.15, -0.1) is 0 Å². The van der Waals surface area contributed by atoms with Crippen LogP contribution in [0.15, 0.2) is 52.1 Å². The molecule has 0 bridgehead atoms. The number of nitrogens with zero attached hydrogens (tertiary/aromatic N) is 1. The number of likely N-dealkylation sites (N-methyl/N-ethyl adjacent to an activating group) is 1. The maximum absolute atomic E-state index is 13.1. The molecule has 0 spiro atoms. The minimum absolute atomic E-state index is 0.165. The van der Waals surface area contributed by atoms with Crippen molar-refractivity contribution in [3.63, 3.8) is 0 Å². The zero-order valence-electron chi connectivity index (χ0n) is 16.8. The van der Waals surface area contributed by atoms with Gasteiger partial charge in [0.05, 0.1) is 11.1 Å². The number of allylic oxidation sites excluding steroid dienone is 1. The van der Waals surface area contributed by atoms with E-state index in [0.29, 0.717) is 40.8 Å². The number of carbonyl (C=O) groups is 1. The van der Waals surface area contributed by atoms with Crippen LogP contribution in [-0.4, -0.2) is 29.0 Å². The van der Waals surface area contributed by atoms with E-state index in [0.717, 1.165) is 12.1 Å². The quantitative estimate of drug-likeness (QED) is 0.669. The van der Waals surface area contributed by atoms with Gasteiger partial charge in [0.25, 0.3) is 5.91 Å². The van der Waals surface area contributed by atoms with Crippen LogP contribution in [-0.2, 0) is 11.0 Å². The predicted molar refractivity (Wildman–Crippen MR) is 111 cm³/mol. The summed E-state index contributed by atoms with van der Waals surface area (Å²) >= 11 is 5.23. The molecule has 1 atom stereocenters. The average molecular weight is 437 g/mol. The van der Waals surface area contributed by atoms with Gasteiger partial charge in [-0.3, -0.25) is 4.79 Å². The molecule has 1 aliphatic heterocycles. The molecular formula is C21H22F3N3O2S. The maximum atomic E-state index is 13.1. The molecule has 3 rings (SSSR count). The van der Waals surface area contributed by atoms with E-state index in [1.165, 1.54) is 6.07 Å². The van der Waals surface area contributed by atoms with E-state index in [9.17, 15) is 18.0 Å². The van der Waals surface area contributed by atoms with E-state index in [1.807, 2.05) is 13.8 Å². The lowest BCUT2D eigenvalue weighted by Gasteiger charge is -2.31. The largest absolute Gasteiger partial charge is 0.459 e. The number of hydrogen-bond acceptors (Lipinski definition) is 3. The zero-order valence-corrected chi connectivity index (χ0v) is 17.6. The van der Waals surface area contributed by atoms with Crippen LogP contribution in [0.5, 0.6) is 0 Å². The Bertz CT molecular complexity index is 993. The Morgan fingerprint density at radius 3 is 2.53 bits per heavy atom. The number of alkyl halides is 3. The van der Waals surface area contributed by atoms with Crippen LogP contribution in [0.2, 0.25) is 0 Å². The third kappa shape index (κ3) is 4.35. The summed E-state index contributed by atoms with van der Waals surface area (Å²) in [5.41, 5.74) is 0.604. The van der Waals surface area contributed by atoms with Crippen LogP contribution in [0.1, 0.15) is 38.1 Å². The highest BCUT2D eigenvalue weighted by molar-refractivity contribution is 7.80. The third-order valence-corrected chi connectivity index (χ3v) is 5.16. The van der Waals surface area contributed by atoms with E-state index in [1.54, 1.807) is 30.0 Å². The lowest BCUT2D eigenvalue weighted by molar-refractivity contribution is -0.137. The van der Waals surface area contributed by atoms with Gasteiger partial charge in [-0.25, -0.2) is 0 Å². The molecule has 0 aliphatic carbocycles. The second-order valence-corrected chi connectivity index (χ2v) is 7.24. The molecule has 0 saturated heterocycles. The highest BCUT2D eigenvalue weighted by Gasteiger charge is 2.34. The van der Waals surface area contributed by atoms with E-state index in [-0.39, 0.29) is 11.7 Å². The van der Waals surface area contributed by atoms with Crippen molar-refractivity contribution in [1.82, 2.24) is 15.5 Å². The van der Waals surface area contributed by atoms with Gasteiger partial charge in [-0.05, 0) is 57.3 Å². The molecule has 9 heteroatoms. The summed E-state index contributed by atoms with van der Waals surface area (Å²) in [6, 6.07) is 7.50. The van der Waals surface area contributed by atoms with Crippen LogP contribution in [0.25, 0.3) is 11.3 Å². The second kappa shape index (κ2) is 8.51. The summed E-state index contributed by atoms with van der Waals surface area (Å²) in [6.45, 7) is 6.61. The van der Waals surface area contributed by atoms with Crippen molar-refractivity contribution >= 4 is 23.2 Å². The maximum Gasteiger partial charge on any atom is 0.416 e. The number of amides is 1. The molecule has 5 nitrogen and oxygen atoms in total. The fourth-order valence-corrected chi connectivity index (χ4v) is 3.65. The minimum atomic E-state index is -4.45. The second-order valence-electron chi connectivity index (χ2n) is 6.83. The van der Waals surface area contributed by atoms with Gasteiger partial charge in [-0.1, -0.05) is 12.1 Å². The summed E-state index contributed by atoms with van der Waals surface area (Å²) in [5, 5.41) is 6.34. The molecule has 0 radical (unpaired) electrons. The molecule has 160 valence electrons. The van der Waals surface area contributed by atoms with Crippen LogP contribution in [0.3, 0.4) is 0 Å². The van der Waals surface area contributed by atoms with Gasteiger partial charge >= 0.3 is 6.18 Å². The first-order chi connectivity index (χ1) is 14.2. The van der Waals surface area contributed by atoms with Crippen molar-refractivity contribution in [3.8, 4) is 11.3 Å². The molecule has 0 unspecified atom stereocenters. The van der Waals surface area contributed by atoms with Crippen LogP contribution < -0.4 is 10.6 Å². The molecule has 1 aromatic carbocycles. The molecule has 1 aliphatic rings. The number of halogens is 3. The van der Waals surface area contributed by atoms with Gasteiger partial charge < -0.3 is 20.0 Å². The first-order valence-corrected chi connectivity index (χ1v) is 9.91. The van der Waals surface area contributed by atoms with E-state index >= 15 is 0 Å². The smallest absolute Gasteiger partial charge is 0.416 e. The predicted octanol–water partition coefficient (Wildman–Crippen LogP) is 4.63. The number of hydrogen-bond donors (Lipinski definition) is 2. The van der Waals surface area contributed by atoms with Crippen molar-refractivity contribution in [3.05, 3.63) is 59.0 Å². The van der Waals surface area contributed by atoms with Crippen molar-refractivity contribution in [2.75, 3.05) is 13.1 Å². The van der Waals surface area contributed by atoms with Crippen LogP contribution >= 0.6 is 12.2 Å². The number of furan rings is 1. The van der Waals surface area contributed by atoms with Crippen molar-refractivity contribution in [2.45, 2.75) is 33.0 Å². The molecule has 1 amide bonds. The Kier molecular flexibility index (Phi) is 6.21. The van der Waals surface area contributed by atoms with E-state index in [4.69, 9.17) is 16.6 Å². The molecule has 2 heterocycles. The highest BCUT2D eigenvalue weighted by atomic mass is 32.1.